The molecule has 6 nitrogen and oxygen atoms in total. The van der Waals surface area contributed by atoms with Gasteiger partial charge in [-0.15, -0.1) is 0 Å². The summed E-state index contributed by atoms with van der Waals surface area (Å²) in [5.74, 6) is -0.453. The first-order chi connectivity index (χ1) is 14.7. The first kappa shape index (κ1) is 21.9. The van der Waals surface area contributed by atoms with E-state index in [2.05, 4.69) is 10.6 Å². The SMILES string of the molecule is Cc1ccccc1OCc1ccc(C(=O)NCC(=O)Nc2ccccc2C(F)(F)F)o1. The Bertz CT molecular complexity index is 1080. The quantitative estimate of drug-likeness (QED) is 0.574. The van der Waals surface area contributed by atoms with Crippen LogP contribution in [0.25, 0.3) is 0 Å². The molecule has 162 valence electrons. The fourth-order valence-corrected chi connectivity index (χ4v) is 2.73. The number of benzene rings is 2. The number of rotatable bonds is 7. The highest BCUT2D eigenvalue weighted by molar-refractivity contribution is 5.98. The number of aryl methyl sites for hydroxylation is 1. The number of halogens is 3. The number of hydrogen-bond donors (Lipinski definition) is 2. The molecule has 0 unspecified atom stereocenters. The van der Waals surface area contributed by atoms with Gasteiger partial charge in [0.05, 0.1) is 17.8 Å². The van der Waals surface area contributed by atoms with Crippen molar-refractivity contribution in [3.8, 4) is 5.75 Å². The Morgan fingerprint density at radius 1 is 1.00 bits per heavy atom. The summed E-state index contributed by atoms with van der Waals surface area (Å²) in [6.07, 6.45) is -4.61. The maximum Gasteiger partial charge on any atom is 0.418 e. The molecule has 0 atom stereocenters. The first-order valence-electron chi connectivity index (χ1n) is 9.25. The van der Waals surface area contributed by atoms with E-state index in [0.29, 0.717) is 11.5 Å². The molecule has 0 bridgehead atoms. The van der Waals surface area contributed by atoms with Gasteiger partial charge < -0.3 is 19.8 Å². The number of anilines is 1. The fourth-order valence-electron chi connectivity index (χ4n) is 2.73. The molecule has 31 heavy (non-hydrogen) atoms. The molecule has 0 aliphatic heterocycles. The van der Waals surface area contributed by atoms with E-state index < -0.39 is 30.1 Å². The number of ether oxygens (including phenoxy) is 1. The average Bonchev–Trinajstić information content (AvgIpc) is 3.20. The minimum atomic E-state index is -4.61. The molecule has 2 amide bonds. The zero-order chi connectivity index (χ0) is 22.4. The molecule has 0 fully saturated rings. The zero-order valence-corrected chi connectivity index (χ0v) is 16.5. The highest BCUT2D eigenvalue weighted by atomic mass is 19.4. The van der Waals surface area contributed by atoms with Gasteiger partial charge in [-0.2, -0.15) is 13.2 Å². The van der Waals surface area contributed by atoms with E-state index >= 15 is 0 Å². The Balaban J connectivity index is 1.52. The summed E-state index contributed by atoms with van der Waals surface area (Å²) < 4.78 is 50.0. The second kappa shape index (κ2) is 9.38. The number of carbonyl (C=O) groups is 2. The van der Waals surface area contributed by atoms with Gasteiger partial charge in [0.1, 0.15) is 18.1 Å². The Kier molecular flexibility index (Phi) is 6.64. The fraction of sp³-hybridized carbons (Fsp3) is 0.182. The third-order valence-electron chi connectivity index (χ3n) is 4.27. The predicted octanol–water partition coefficient (Wildman–Crippen LogP) is 4.55. The van der Waals surface area contributed by atoms with Gasteiger partial charge >= 0.3 is 6.18 Å². The van der Waals surface area contributed by atoms with Gasteiger partial charge in [-0.3, -0.25) is 9.59 Å². The molecule has 0 saturated heterocycles. The van der Waals surface area contributed by atoms with Gasteiger partial charge in [-0.25, -0.2) is 0 Å². The van der Waals surface area contributed by atoms with Crippen molar-refractivity contribution in [1.29, 1.82) is 0 Å². The van der Waals surface area contributed by atoms with Crippen molar-refractivity contribution in [3.05, 3.63) is 83.3 Å². The highest BCUT2D eigenvalue weighted by Crippen LogP contribution is 2.34. The second-order valence-corrected chi connectivity index (χ2v) is 6.59. The van der Waals surface area contributed by atoms with Crippen LogP contribution in [0.1, 0.15) is 27.4 Å². The molecule has 0 aliphatic carbocycles. The van der Waals surface area contributed by atoms with Gasteiger partial charge in [0, 0.05) is 0 Å². The largest absolute Gasteiger partial charge is 0.485 e. The summed E-state index contributed by atoms with van der Waals surface area (Å²) in [4.78, 5) is 24.1. The molecule has 0 saturated carbocycles. The Hall–Kier alpha value is -3.75. The van der Waals surface area contributed by atoms with E-state index in [0.717, 1.165) is 17.7 Å². The Labute approximate surface area is 176 Å². The summed E-state index contributed by atoms with van der Waals surface area (Å²) in [5.41, 5.74) is -0.410. The monoisotopic (exact) mass is 432 g/mol. The van der Waals surface area contributed by atoms with Crippen molar-refractivity contribution in [3.63, 3.8) is 0 Å². The molecule has 1 heterocycles. The number of para-hydroxylation sites is 2. The van der Waals surface area contributed by atoms with Crippen LogP contribution in [-0.2, 0) is 17.6 Å². The van der Waals surface area contributed by atoms with Gasteiger partial charge in [0.2, 0.25) is 5.91 Å². The van der Waals surface area contributed by atoms with Crippen molar-refractivity contribution in [2.45, 2.75) is 19.7 Å². The zero-order valence-electron chi connectivity index (χ0n) is 16.5. The van der Waals surface area contributed by atoms with Gasteiger partial charge in [0.25, 0.3) is 5.91 Å². The summed E-state index contributed by atoms with van der Waals surface area (Å²) in [5, 5.41) is 4.46. The van der Waals surface area contributed by atoms with Crippen LogP contribution in [0.15, 0.2) is 65.1 Å². The van der Waals surface area contributed by atoms with Crippen LogP contribution in [0, 0.1) is 6.92 Å². The third kappa shape index (κ3) is 5.88. The number of hydrogen-bond acceptors (Lipinski definition) is 4. The van der Waals surface area contributed by atoms with Crippen LogP contribution in [0.3, 0.4) is 0 Å². The van der Waals surface area contributed by atoms with Crippen LogP contribution >= 0.6 is 0 Å². The summed E-state index contributed by atoms with van der Waals surface area (Å²) in [6.45, 7) is 1.47. The van der Waals surface area contributed by atoms with Crippen molar-refractivity contribution in [2.24, 2.45) is 0 Å². The molecule has 0 spiro atoms. The maximum absolute atomic E-state index is 13.0. The van der Waals surface area contributed by atoms with Crippen molar-refractivity contribution >= 4 is 17.5 Å². The number of furan rings is 1. The third-order valence-corrected chi connectivity index (χ3v) is 4.27. The van der Waals surface area contributed by atoms with Crippen molar-refractivity contribution in [2.75, 3.05) is 11.9 Å². The standard InChI is InChI=1S/C22H19F3N2O4/c1-14-6-2-5-9-18(14)30-13-15-10-11-19(31-15)21(29)26-12-20(28)27-17-8-4-3-7-16(17)22(23,24)25/h2-11H,12-13H2,1H3,(H,26,29)(H,27,28). The van der Waals surface area contributed by atoms with Gasteiger partial charge in [-0.1, -0.05) is 30.3 Å². The lowest BCUT2D eigenvalue weighted by Gasteiger charge is -2.13. The van der Waals surface area contributed by atoms with Crippen LogP contribution in [0.4, 0.5) is 18.9 Å². The molecule has 2 aromatic carbocycles. The van der Waals surface area contributed by atoms with Gasteiger partial charge in [0.15, 0.2) is 5.76 Å². The summed E-state index contributed by atoms with van der Waals surface area (Å²) in [6, 6.07) is 15.0. The maximum atomic E-state index is 13.0. The molecule has 0 aliphatic rings. The lowest BCUT2D eigenvalue weighted by atomic mass is 10.1. The van der Waals surface area contributed by atoms with Crippen LogP contribution in [0.2, 0.25) is 0 Å². The minimum Gasteiger partial charge on any atom is -0.485 e. The molecule has 3 rings (SSSR count). The lowest BCUT2D eigenvalue weighted by Crippen LogP contribution is -2.33. The molecular weight excluding hydrogens is 413 g/mol. The smallest absolute Gasteiger partial charge is 0.418 e. The number of alkyl halides is 3. The molecule has 1 aromatic heterocycles. The van der Waals surface area contributed by atoms with Crippen LogP contribution < -0.4 is 15.4 Å². The highest BCUT2D eigenvalue weighted by Gasteiger charge is 2.33. The van der Waals surface area contributed by atoms with E-state index in [1.807, 2.05) is 25.1 Å². The molecule has 2 N–H and O–H groups in total. The van der Waals surface area contributed by atoms with Crippen LogP contribution in [-0.4, -0.2) is 18.4 Å². The summed E-state index contributed by atoms with van der Waals surface area (Å²) >= 11 is 0. The van der Waals surface area contributed by atoms with E-state index in [1.54, 1.807) is 12.1 Å². The minimum absolute atomic E-state index is 0.0492. The van der Waals surface area contributed by atoms with Crippen molar-refractivity contribution < 1.29 is 31.9 Å². The molecule has 3 aromatic rings. The molecule has 0 radical (unpaired) electrons. The van der Waals surface area contributed by atoms with E-state index in [1.165, 1.54) is 18.2 Å². The van der Waals surface area contributed by atoms with E-state index in [9.17, 15) is 22.8 Å². The average molecular weight is 432 g/mol. The van der Waals surface area contributed by atoms with Gasteiger partial charge in [-0.05, 0) is 42.8 Å². The summed E-state index contributed by atoms with van der Waals surface area (Å²) in [7, 11) is 0. The number of nitrogens with one attached hydrogen (secondary N) is 2. The first-order valence-corrected chi connectivity index (χ1v) is 9.25. The Morgan fingerprint density at radius 3 is 2.45 bits per heavy atom. The predicted molar refractivity (Wildman–Crippen MR) is 107 cm³/mol. The molecular formula is C22H19F3N2O4. The normalized spacial score (nSPS) is 11.1. The topological polar surface area (TPSA) is 80.6 Å². The number of amides is 2. The molecule has 9 heteroatoms. The Morgan fingerprint density at radius 2 is 1.71 bits per heavy atom. The second-order valence-electron chi connectivity index (χ2n) is 6.59. The van der Waals surface area contributed by atoms with E-state index in [-0.39, 0.29) is 18.1 Å². The van der Waals surface area contributed by atoms with E-state index in [4.69, 9.17) is 9.15 Å². The van der Waals surface area contributed by atoms with Crippen molar-refractivity contribution in [1.82, 2.24) is 5.32 Å². The lowest BCUT2D eigenvalue weighted by molar-refractivity contribution is -0.137. The van der Waals surface area contributed by atoms with Crippen LogP contribution in [0.5, 0.6) is 5.75 Å². The number of carbonyl (C=O) groups excluding carboxylic acids is 2.